The molecule has 0 spiro atoms. The molecule has 0 aromatic heterocycles. The number of likely N-dealkylation sites (tertiary alicyclic amines) is 1. The highest BCUT2D eigenvalue weighted by molar-refractivity contribution is 5.75. The molecule has 1 N–H and O–H groups in total. The van der Waals surface area contributed by atoms with Crippen molar-refractivity contribution in [2.45, 2.75) is 19.4 Å². The molecule has 4 nitrogen and oxygen atoms in total. The van der Waals surface area contributed by atoms with Crippen LogP contribution in [0, 0.1) is 11.7 Å². The molecule has 110 valence electrons. The van der Waals surface area contributed by atoms with Crippen LogP contribution in [0.3, 0.4) is 0 Å². The SMILES string of the molecule is COCCNC(=O)N1C[C@@H](C)C[C@@H]1c1cccc(F)c1. The van der Waals surface area contributed by atoms with Crippen LogP contribution in [0.25, 0.3) is 0 Å². The molecule has 0 radical (unpaired) electrons. The summed E-state index contributed by atoms with van der Waals surface area (Å²) in [5.74, 6) is 0.151. The maximum Gasteiger partial charge on any atom is 0.318 e. The van der Waals surface area contributed by atoms with Crippen LogP contribution in [-0.2, 0) is 4.74 Å². The van der Waals surface area contributed by atoms with Gasteiger partial charge in [0, 0.05) is 20.2 Å². The van der Waals surface area contributed by atoms with Gasteiger partial charge in [0.2, 0.25) is 0 Å². The zero-order valence-electron chi connectivity index (χ0n) is 11.9. The lowest BCUT2D eigenvalue weighted by Gasteiger charge is -2.25. The van der Waals surface area contributed by atoms with Crippen molar-refractivity contribution in [3.63, 3.8) is 0 Å². The van der Waals surface area contributed by atoms with Gasteiger partial charge < -0.3 is 15.0 Å². The molecule has 1 saturated heterocycles. The van der Waals surface area contributed by atoms with Gasteiger partial charge in [-0.1, -0.05) is 19.1 Å². The van der Waals surface area contributed by atoms with E-state index in [1.807, 2.05) is 6.07 Å². The lowest BCUT2D eigenvalue weighted by molar-refractivity contribution is 0.176. The molecule has 1 aromatic carbocycles. The minimum atomic E-state index is -0.262. The highest BCUT2D eigenvalue weighted by atomic mass is 19.1. The van der Waals surface area contributed by atoms with E-state index < -0.39 is 0 Å². The van der Waals surface area contributed by atoms with Crippen LogP contribution in [0.1, 0.15) is 24.9 Å². The van der Waals surface area contributed by atoms with Crippen molar-refractivity contribution >= 4 is 6.03 Å². The van der Waals surface area contributed by atoms with Crippen LogP contribution in [0.4, 0.5) is 9.18 Å². The van der Waals surface area contributed by atoms with E-state index in [-0.39, 0.29) is 17.9 Å². The number of halogens is 1. The van der Waals surface area contributed by atoms with Gasteiger partial charge in [-0.15, -0.1) is 0 Å². The highest BCUT2D eigenvalue weighted by Crippen LogP contribution is 2.35. The van der Waals surface area contributed by atoms with Crippen molar-refractivity contribution in [2.24, 2.45) is 5.92 Å². The molecule has 2 amide bonds. The molecule has 2 atom stereocenters. The zero-order chi connectivity index (χ0) is 14.5. The Morgan fingerprint density at radius 1 is 1.55 bits per heavy atom. The predicted molar refractivity (Wildman–Crippen MR) is 74.9 cm³/mol. The maximum absolute atomic E-state index is 13.4. The number of amides is 2. The monoisotopic (exact) mass is 280 g/mol. The van der Waals surface area contributed by atoms with Crippen LogP contribution in [0.2, 0.25) is 0 Å². The summed E-state index contributed by atoms with van der Waals surface area (Å²) in [5.41, 5.74) is 0.858. The first kappa shape index (κ1) is 14.8. The number of hydrogen-bond acceptors (Lipinski definition) is 2. The lowest BCUT2D eigenvalue weighted by Crippen LogP contribution is -2.41. The predicted octanol–water partition coefficient (Wildman–Crippen LogP) is 2.56. The minimum Gasteiger partial charge on any atom is -0.383 e. The van der Waals surface area contributed by atoms with Crippen LogP contribution in [0.5, 0.6) is 0 Å². The van der Waals surface area contributed by atoms with E-state index in [2.05, 4.69) is 12.2 Å². The number of nitrogens with zero attached hydrogens (tertiary/aromatic N) is 1. The fourth-order valence-corrected chi connectivity index (χ4v) is 2.66. The first-order valence-electron chi connectivity index (χ1n) is 6.90. The first-order valence-corrected chi connectivity index (χ1v) is 6.90. The summed E-state index contributed by atoms with van der Waals surface area (Å²) in [6.45, 7) is 3.77. The number of carbonyl (C=O) groups is 1. The van der Waals surface area contributed by atoms with E-state index in [0.717, 1.165) is 12.0 Å². The summed E-state index contributed by atoms with van der Waals surface area (Å²) < 4.78 is 18.3. The second-order valence-corrected chi connectivity index (χ2v) is 5.29. The van der Waals surface area contributed by atoms with Crippen molar-refractivity contribution in [1.82, 2.24) is 10.2 Å². The standard InChI is InChI=1S/C15H21FN2O2/c1-11-8-14(12-4-3-5-13(16)9-12)18(10-11)15(19)17-6-7-20-2/h3-5,9,11,14H,6-8,10H2,1-2H3,(H,17,19)/t11-,14+/m0/s1. The van der Waals surface area contributed by atoms with E-state index in [4.69, 9.17) is 4.74 Å². The molecule has 20 heavy (non-hydrogen) atoms. The van der Waals surface area contributed by atoms with Crippen molar-refractivity contribution in [1.29, 1.82) is 0 Å². The average molecular weight is 280 g/mol. The Labute approximate surface area is 118 Å². The van der Waals surface area contributed by atoms with Gasteiger partial charge in [-0.3, -0.25) is 0 Å². The largest absolute Gasteiger partial charge is 0.383 e. The molecule has 1 aromatic rings. The quantitative estimate of drug-likeness (QED) is 0.861. The number of methoxy groups -OCH3 is 1. The second kappa shape index (κ2) is 6.70. The Bertz CT molecular complexity index is 467. The molecule has 1 fully saturated rings. The molecule has 0 saturated carbocycles. The second-order valence-electron chi connectivity index (χ2n) is 5.29. The molecule has 5 heteroatoms. The number of urea groups is 1. The highest BCUT2D eigenvalue weighted by Gasteiger charge is 2.34. The summed E-state index contributed by atoms with van der Waals surface area (Å²) in [6.07, 6.45) is 0.862. The van der Waals surface area contributed by atoms with Gasteiger partial charge in [0.1, 0.15) is 5.82 Å². The molecule has 1 aliphatic rings. The van der Waals surface area contributed by atoms with Gasteiger partial charge in [-0.2, -0.15) is 0 Å². The fourth-order valence-electron chi connectivity index (χ4n) is 2.66. The van der Waals surface area contributed by atoms with Gasteiger partial charge >= 0.3 is 6.03 Å². The van der Waals surface area contributed by atoms with Gasteiger partial charge in [-0.25, -0.2) is 9.18 Å². The smallest absolute Gasteiger partial charge is 0.318 e. The normalized spacial score (nSPS) is 22.1. The number of hydrogen-bond donors (Lipinski definition) is 1. The van der Waals surface area contributed by atoms with Crippen molar-refractivity contribution in [3.05, 3.63) is 35.6 Å². The van der Waals surface area contributed by atoms with Crippen LogP contribution in [-0.4, -0.2) is 37.7 Å². The topological polar surface area (TPSA) is 41.6 Å². The van der Waals surface area contributed by atoms with Gasteiger partial charge in [0.05, 0.1) is 12.6 Å². The number of carbonyl (C=O) groups excluding carboxylic acids is 1. The maximum atomic E-state index is 13.4. The Morgan fingerprint density at radius 2 is 2.35 bits per heavy atom. The summed E-state index contributed by atoms with van der Waals surface area (Å²) in [4.78, 5) is 14.0. The Balaban J connectivity index is 2.08. The van der Waals surface area contributed by atoms with Crippen LogP contribution in [0.15, 0.2) is 24.3 Å². The Kier molecular flexibility index (Phi) is 4.95. The van der Waals surface area contributed by atoms with Gasteiger partial charge in [0.15, 0.2) is 0 Å². The van der Waals surface area contributed by atoms with E-state index in [0.29, 0.717) is 25.6 Å². The third kappa shape index (κ3) is 3.48. The zero-order valence-corrected chi connectivity index (χ0v) is 11.9. The van der Waals surface area contributed by atoms with Crippen molar-refractivity contribution in [3.8, 4) is 0 Å². The summed E-state index contributed by atoms with van der Waals surface area (Å²) >= 11 is 0. The number of ether oxygens (including phenoxy) is 1. The van der Waals surface area contributed by atoms with Crippen molar-refractivity contribution < 1.29 is 13.9 Å². The third-order valence-electron chi connectivity index (χ3n) is 3.59. The van der Waals surface area contributed by atoms with Crippen LogP contribution < -0.4 is 5.32 Å². The minimum absolute atomic E-state index is 0.0526. The molecular formula is C15H21FN2O2. The van der Waals surface area contributed by atoms with Crippen LogP contribution >= 0.6 is 0 Å². The molecule has 1 heterocycles. The van der Waals surface area contributed by atoms with E-state index in [1.165, 1.54) is 12.1 Å². The summed E-state index contributed by atoms with van der Waals surface area (Å²) in [5, 5.41) is 2.83. The van der Waals surface area contributed by atoms with Crippen molar-refractivity contribution in [2.75, 3.05) is 26.8 Å². The lowest BCUT2D eigenvalue weighted by atomic mass is 10.0. The number of benzene rings is 1. The Hall–Kier alpha value is -1.62. The average Bonchev–Trinajstić information content (AvgIpc) is 2.81. The Morgan fingerprint density at radius 3 is 3.05 bits per heavy atom. The van der Waals surface area contributed by atoms with Gasteiger partial charge in [-0.05, 0) is 30.0 Å². The van der Waals surface area contributed by atoms with E-state index >= 15 is 0 Å². The molecule has 2 rings (SSSR count). The first-order chi connectivity index (χ1) is 9.61. The van der Waals surface area contributed by atoms with E-state index in [1.54, 1.807) is 18.1 Å². The fraction of sp³-hybridized carbons (Fsp3) is 0.533. The number of rotatable bonds is 4. The van der Waals surface area contributed by atoms with E-state index in [9.17, 15) is 9.18 Å². The summed E-state index contributed by atoms with van der Waals surface area (Å²) in [6, 6.07) is 6.34. The molecular weight excluding hydrogens is 259 g/mol. The summed E-state index contributed by atoms with van der Waals surface area (Å²) in [7, 11) is 1.60. The number of nitrogens with one attached hydrogen (secondary N) is 1. The molecule has 0 bridgehead atoms. The molecule has 1 aliphatic heterocycles. The molecule has 0 aliphatic carbocycles. The third-order valence-corrected chi connectivity index (χ3v) is 3.59. The molecule has 0 unspecified atom stereocenters. The van der Waals surface area contributed by atoms with Gasteiger partial charge in [0.25, 0.3) is 0 Å².